The van der Waals surface area contributed by atoms with E-state index in [0.29, 0.717) is 5.56 Å². The number of hydrogen-bond donors (Lipinski definition) is 0. The van der Waals surface area contributed by atoms with E-state index in [-0.39, 0.29) is 4.69 Å². The Kier molecular flexibility index (Phi) is 2.63. The van der Waals surface area contributed by atoms with Gasteiger partial charge in [-0.05, 0) is 40.2 Å². The maximum absolute atomic E-state index is 10.7. The molecule has 10 heavy (non-hydrogen) atoms. The fourth-order valence-corrected chi connectivity index (χ4v) is 1.11. The lowest BCUT2D eigenvalue weighted by Crippen LogP contribution is -1.84. The smallest absolute Gasteiger partial charge is 0.228 e. The van der Waals surface area contributed by atoms with Crippen LogP contribution < -0.4 is 0 Å². The highest BCUT2D eigenvalue weighted by atomic mass is 79.9. The molecule has 1 rings (SSSR count). The molecular formula is C7H4Br2O. The molecule has 0 aliphatic carbocycles. The first-order valence-electron chi connectivity index (χ1n) is 2.65. The lowest BCUT2D eigenvalue weighted by atomic mass is 10.2. The van der Waals surface area contributed by atoms with Crippen LogP contribution in [-0.2, 0) is 0 Å². The van der Waals surface area contributed by atoms with Crippen molar-refractivity contribution in [3.8, 4) is 0 Å². The summed E-state index contributed by atoms with van der Waals surface area (Å²) in [7, 11) is 0. The van der Waals surface area contributed by atoms with Crippen LogP contribution in [0, 0.1) is 0 Å². The third-order valence-electron chi connectivity index (χ3n) is 1.07. The highest BCUT2D eigenvalue weighted by molar-refractivity contribution is 9.18. The summed E-state index contributed by atoms with van der Waals surface area (Å²) in [6, 6.07) is 7.16. The van der Waals surface area contributed by atoms with Crippen molar-refractivity contribution >= 4 is 36.6 Å². The van der Waals surface area contributed by atoms with Gasteiger partial charge in [-0.3, -0.25) is 4.79 Å². The van der Waals surface area contributed by atoms with Crippen molar-refractivity contribution in [2.75, 3.05) is 0 Å². The maximum Gasteiger partial charge on any atom is 0.228 e. The largest absolute Gasteiger partial charge is 0.281 e. The Morgan fingerprint density at radius 2 is 1.70 bits per heavy atom. The van der Waals surface area contributed by atoms with Crippen molar-refractivity contribution in [1.82, 2.24) is 0 Å². The van der Waals surface area contributed by atoms with Crippen molar-refractivity contribution in [2.45, 2.75) is 0 Å². The van der Waals surface area contributed by atoms with Crippen LogP contribution in [0.1, 0.15) is 10.4 Å². The van der Waals surface area contributed by atoms with Crippen LogP contribution in [-0.4, -0.2) is 4.69 Å². The fraction of sp³-hybridized carbons (Fsp3) is 0. The second-order valence-corrected chi connectivity index (χ2v) is 3.42. The van der Waals surface area contributed by atoms with Crippen molar-refractivity contribution in [3.05, 3.63) is 34.3 Å². The van der Waals surface area contributed by atoms with Crippen LogP contribution in [0.4, 0.5) is 0 Å². The second kappa shape index (κ2) is 3.30. The van der Waals surface area contributed by atoms with Gasteiger partial charge in [0.25, 0.3) is 0 Å². The SMILES string of the molecule is O=C(Br)c1ccc(Br)cc1. The van der Waals surface area contributed by atoms with Gasteiger partial charge in [0.15, 0.2) is 0 Å². The Hall–Kier alpha value is -0.150. The van der Waals surface area contributed by atoms with Crippen LogP contribution in [0.3, 0.4) is 0 Å². The normalized spacial score (nSPS) is 9.40. The summed E-state index contributed by atoms with van der Waals surface area (Å²) >= 11 is 6.12. The summed E-state index contributed by atoms with van der Waals surface area (Å²) < 4.78 is 0.894. The zero-order valence-electron chi connectivity index (χ0n) is 4.97. The monoisotopic (exact) mass is 262 g/mol. The van der Waals surface area contributed by atoms with Gasteiger partial charge in [-0.15, -0.1) is 0 Å². The standard InChI is InChI=1S/C7H4Br2O/c8-6-3-1-5(2-4-6)7(9)10/h1-4H. The van der Waals surface area contributed by atoms with Crippen molar-refractivity contribution < 1.29 is 4.79 Å². The molecule has 0 bridgehead atoms. The molecule has 0 spiro atoms. The van der Waals surface area contributed by atoms with E-state index in [1.54, 1.807) is 12.1 Å². The van der Waals surface area contributed by atoms with Gasteiger partial charge in [-0.1, -0.05) is 15.9 Å². The van der Waals surface area contributed by atoms with E-state index in [1.165, 1.54) is 0 Å². The van der Waals surface area contributed by atoms with E-state index in [1.807, 2.05) is 12.1 Å². The first kappa shape index (κ1) is 7.95. The lowest BCUT2D eigenvalue weighted by molar-refractivity contribution is 0.109. The zero-order valence-corrected chi connectivity index (χ0v) is 8.15. The Morgan fingerprint density at radius 3 is 2.10 bits per heavy atom. The summed E-state index contributed by atoms with van der Waals surface area (Å²) in [4.78, 5) is 10.7. The van der Waals surface area contributed by atoms with Gasteiger partial charge >= 0.3 is 0 Å². The molecule has 0 N–H and O–H groups in total. The van der Waals surface area contributed by atoms with Gasteiger partial charge in [-0.2, -0.15) is 0 Å². The first-order valence-corrected chi connectivity index (χ1v) is 4.24. The molecule has 0 amide bonds. The predicted molar refractivity (Wildman–Crippen MR) is 47.4 cm³/mol. The fourth-order valence-electron chi connectivity index (χ4n) is 0.581. The summed E-state index contributed by atoms with van der Waals surface area (Å²) in [5.41, 5.74) is 0.670. The molecular weight excluding hydrogens is 260 g/mol. The molecule has 0 aliphatic rings. The van der Waals surface area contributed by atoms with Crippen molar-refractivity contribution in [2.24, 2.45) is 0 Å². The van der Waals surface area contributed by atoms with Crippen LogP contribution >= 0.6 is 31.9 Å². The molecule has 0 unspecified atom stereocenters. The Bertz CT molecular complexity index is 240. The summed E-state index contributed by atoms with van der Waals surface area (Å²) in [5.74, 6) is 0. The second-order valence-electron chi connectivity index (χ2n) is 1.78. The highest BCUT2D eigenvalue weighted by Crippen LogP contribution is 2.12. The molecule has 1 aromatic carbocycles. The third-order valence-corrected chi connectivity index (χ3v) is 2.06. The van der Waals surface area contributed by atoms with Gasteiger partial charge in [0.2, 0.25) is 4.69 Å². The number of carbonyl (C=O) groups excluding carboxylic acids is 1. The number of rotatable bonds is 1. The molecule has 0 aliphatic heterocycles. The summed E-state index contributed by atoms with van der Waals surface area (Å²) in [6.45, 7) is 0. The first-order chi connectivity index (χ1) is 4.70. The Balaban J connectivity index is 3.00. The summed E-state index contributed by atoms with van der Waals surface area (Å²) in [5, 5.41) is 0. The number of hydrogen-bond acceptors (Lipinski definition) is 1. The quantitative estimate of drug-likeness (QED) is 0.712. The van der Waals surface area contributed by atoms with E-state index in [4.69, 9.17) is 0 Å². The number of carbonyl (C=O) groups is 1. The van der Waals surface area contributed by atoms with E-state index in [0.717, 1.165) is 4.47 Å². The maximum atomic E-state index is 10.7. The third kappa shape index (κ3) is 1.92. The Morgan fingerprint density at radius 1 is 1.20 bits per heavy atom. The van der Waals surface area contributed by atoms with Gasteiger partial charge < -0.3 is 0 Å². The minimum atomic E-state index is -0.0833. The molecule has 0 radical (unpaired) electrons. The van der Waals surface area contributed by atoms with E-state index >= 15 is 0 Å². The van der Waals surface area contributed by atoms with Gasteiger partial charge in [0, 0.05) is 10.0 Å². The summed E-state index contributed by atoms with van der Waals surface area (Å²) in [6.07, 6.45) is 0. The van der Waals surface area contributed by atoms with Crippen molar-refractivity contribution in [1.29, 1.82) is 0 Å². The molecule has 0 atom stereocenters. The average Bonchev–Trinajstić information content (AvgIpc) is 1.88. The van der Waals surface area contributed by atoms with Gasteiger partial charge in [-0.25, -0.2) is 0 Å². The average molecular weight is 264 g/mol. The predicted octanol–water partition coefficient (Wildman–Crippen LogP) is 2.98. The molecule has 0 fully saturated rings. The van der Waals surface area contributed by atoms with E-state index in [9.17, 15) is 4.79 Å². The highest BCUT2D eigenvalue weighted by Gasteiger charge is 1.97. The molecule has 52 valence electrons. The molecule has 1 nitrogen and oxygen atoms in total. The number of halogens is 2. The van der Waals surface area contributed by atoms with Crippen LogP contribution in [0.25, 0.3) is 0 Å². The molecule has 3 heteroatoms. The lowest BCUT2D eigenvalue weighted by Gasteiger charge is -1.91. The zero-order chi connectivity index (χ0) is 7.56. The van der Waals surface area contributed by atoms with Crippen LogP contribution in [0.15, 0.2) is 28.7 Å². The molecule has 0 saturated carbocycles. The van der Waals surface area contributed by atoms with Gasteiger partial charge in [0.05, 0.1) is 0 Å². The molecule has 0 aromatic heterocycles. The van der Waals surface area contributed by atoms with Crippen LogP contribution in [0.5, 0.6) is 0 Å². The van der Waals surface area contributed by atoms with Crippen molar-refractivity contribution in [3.63, 3.8) is 0 Å². The topological polar surface area (TPSA) is 17.1 Å². The van der Waals surface area contributed by atoms with Crippen LogP contribution in [0.2, 0.25) is 0 Å². The van der Waals surface area contributed by atoms with E-state index < -0.39 is 0 Å². The molecule has 1 aromatic rings. The van der Waals surface area contributed by atoms with Gasteiger partial charge in [0.1, 0.15) is 0 Å². The van der Waals surface area contributed by atoms with E-state index in [2.05, 4.69) is 31.9 Å². The minimum absolute atomic E-state index is 0.0833. The minimum Gasteiger partial charge on any atom is -0.281 e. The number of benzene rings is 1. The molecule has 0 heterocycles. The Labute approximate surface area is 75.7 Å². The molecule has 0 saturated heterocycles.